The molecule has 0 fully saturated rings. The van der Waals surface area contributed by atoms with Crippen LogP contribution in [0.4, 0.5) is 5.69 Å². The molecule has 3 aromatic rings. The van der Waals surface area contributed by atoms with Gasteiger partial charge in [0.1, 0.15) is 18.1 Å². The van der Waals surface area contributed by atoms with E-state index in [4.69, 9.17) is 4.74 Å². The van der Waals surface area contributed by atoms with Gasteiger partial charge >= 0.3 is 0 Å². The van der Waals surface area contributed by atoms with Gasteiger partial charge in [-0.1, -0.05) is 37.6 Å². The second-order valence-electron chi connectivity index (χ2n) is 7.65. The summed E-state index contributed by atoms with van der Waals surface area (Å²) in [5.41, 5.74) is 1.44. The number of phenolic OH excluding ortho intramolecular Hbond substituents is 1. The minimum Gasteiger partial charge on any atom is -0.545 e. The van der Waals surface area contributed by atoms with E-state index in [0.717, 1.165) is 6.42 Å². The molecule has 0 radical (unpaired) electrons. The molecule has 178 valence electrons. The Hall–Kier alpha value is -3.85. The molecule has 0 unspecified atom stereocenters. The first-order valence-electron chi connectivity index (χ1n) is 10.5. The number of ether oxygens (including phenoxy) is 1. The highest BCUT2D eigenvalue weighted by Gasteiger charge is 2.17. The Kier molecular flexibility index (Phi) is 7.57. The third-order valence-electron chi connectivity index (χ3n) is 5.10. The largest absolute Gasteiger partial charge is 0.545 e. The molecule has 3 rings (SSSR count). The Balaban J connectivity index is 1.74. The van der Waals surface area contributed by atoms with Crippen LogP contribution in [0.2, 0.25) is 0 Å². The number of ketones is 1. The van der Waals surface area contributed by atoms with Crippen LogP contribution < -0.4 is 14.6 Å². The van der Waals surface area contributed by atoms with E-state index in [0.29, 0.717) is 23.3 Å². The normalized spacial score (nSPS) is 11.1. The van der Waals surface area contributed by atoms with Gasteiger partial charge in [-0.05, 0) is 60.9 Å². The summed E-state index contributed by atoms with van der Waals surface area (Å²) in [6.45, 7) is 3.46. The lowest BCUT2D eigenvalue weighted by Crippen LogP contribution is -2.22. The Morgan fingerprint density at radius 2 is 1.76 bits per heavy atom. The second kappa shape index (κ2) is 10.4. The fourth-order valence-electron chi connectivity index (χ4n) is 3.38. The minimum absolute atomic E-state index is 0.00905. The summed E-state index contributed by atoms with van der Waals surface area (Å²) in [5, 5.41) is 21.4. The lowest BCUT2D eigenvalue weighted by molar-refractivity contribution is -0.255. The van der Waals surface area contributed by atoms with E-state index in [2.05, 4.69) is 4.72 Å². The molecule has 0 heterocycles. The molecule has 34 heavy (non-hydrogen) atoms. The van der Waals surface area contributed by atoms with Crippen molar-refractivity contribution in [3.63, 3.8) is 0 Å². The number of nitrogens with one attached hydrogen (secondary N) is 1. The standard InChI is InChI=1S/C25H25NO7S/c1-3-5-22-23(13-12-21(16(2)27)24(22)28)33-15-17-8-10-20(11-9-17)34(31,32)26-19-7-4-6-18(14-19)25(29)30/h4,6-14,26,28H,3,5,15H2,1-2H3,(H,29,30)/p-1. The molecule has 0 aliphatic rings. The van der Waals surface area contributed by atoms with Gasteiger partial charge in [0, 0.05) is 11.3 Å². The molecule has 2 N–H and O–H groups in total. The maximum Gasteiger partial charge on any atom is 0.261 e. The number of aromatic hydroxyl groups is 1. The highest BCUT2D eigenvalue weighted by Crippen LogP contribution is 2.33. The average Bonchev–Trinajstić information content (AvgIpc) is 2.79. The van der Waals surface area contributed by atoms with Crippen LogP contribution in [0, 0.1) is 0 Å². The highest BCUT2D eigenvalue weighted by atomic mass is 32.2. The predicted molar refractivity (Wildman–Crippen MR) is 124 cm³/mol. The fraction of sp³-hybridized carbons (Fsp3) is 0.200. The Morgan fingerprint density at radius 3 is 2.38 bits per heavy atom. The van der Waals surface area contributed by atoms with Gasteiger partial charge in [-0.15, -0.1) is 0 Å². The minimum atomic E-state index is -3.94. The molecule has 9 heteroatoms. The van der Waals surface area contributed by atoms with Gasteiger partial charge in [-0.2, -0.15) is 0 Å². The van der Waals surface area contributed by atoms with Crippen molar-refractivity contribution in [2.24, 2.45) is 0 Å². The fourth-order valence-corrected chi connectivity index (χ4v) is 4.43. The number of rotatable bonds is 10. The first kappa shape index (κ1) is 24.8. The zero-order valence-corrected chi connectivity index (χ0v) is 19.5. The van der Waals surface area contributed by atoms with Crippen LogP contribution in [-0.2, 0) is 23.1 Å². The molecular formula is C25H24NO7S-. The molecule has 0 aromatic heterocycles. The summed E-state index contributed by atoms with van der Waals surface area (Å²) in [6.07, 6.45) is 1.28. The zero-order chi connectivity index (χ0) is 24.9. The quantitative estimate of drug-likeness (QED) is 0.424. The third-order valence-corrected chi connectivity index (χ3v) is 6.49. The van der Waals surface area contributed by atoms with Crippen molar-refractivity contribution in [1.29, 1.82) is 0 Å². The van der Waals surface area contributed by atoms with Crippen molar-refractivity contribution in [1.82, 2.24) is 0 Å². The van der Waals surface area contributed by atoms with Gasteiger partial charge in [0.25, 0.3) is 10.0 Å². The van der Waals surface area contributed by atoms with Crippen LogP contribution in [0.25, 0.3) is 0 Å². The van der Waals surface area contributed by atoms with Gasteiger partial charge in [0.2, 0.25) is 0 Å². The highest BCUT2D eigenvalue weighted by molar-refractivity contribution is 7.92. The van der Waals surface area contributed by atoms with E-state index < -0.39 is 16.0 Å². The second-order valence-corrected chi connectivity index (χ2v) is 9.33. The van der Waals surface area contributed by atoms with Crippen molar-refractivity contribution in [3.8, 4) is 11.5 Å². The van der Waals surface area contributed by atoms with Gasteiger partial charge in [-0.3, -0.25) is 9.52 Å². The summed E-state index contributed by atoms with van der Waals surface area (Å²) in [6, 6.07) is 14.5. The summed E-state index contributed by atoms with van der Waals surface area (Å²) in [5.74, 6) is -1.27. The molecule has 0 aliphatic carbocycles. The molecule has 0 bridgehead atoms. The van der Waals surface area contributed by atoms with Crippen molar-refractivity contribution in [3.05, 3.63) is 82.9 Å². The van der Waals surface area contributed by atoms with E-state index in [9.17, 15) is 28.2 Å². The van der Waals surface area contributed by atoms with E-state index >= 15 is 0 Å². The molecule has 0 aliphatic heterocycles. The lowest BCUT2D eigenvalue weighted by Gasteiger charge is -2.15. The summed E-state index contributed by atoms with van der Waals surface area (Å²) in [4.78, 5) is 22.7. The van der Waals surface area contributed by atoms with E-state index in [1.165, 1.54) is 49.4 Å². The number of benzene rings is 3. The van der Waals surface area contributed by atoms with E-state index in [1.807, 2.05) is 6.92 Å². The molecule has 8 nitrogen and oxygen atoms in total. The summed E-state index contributed by atoms with van der Waals surface area (Å²) in [7, 11) is -3.94. The Bertz CT molecular complexity index is 1320. The number of carbonyl (C=O) groups excluding carboxylic acids is 2. The van der Waals surface area contributed by atoms with Gasteiger partial charge in [0.05, 0.1) is 16.4 Å². The monoisotopic (exact) mass is 482 g/mol. The topological polar surface area (TPSA) is 133 Å². The van der Waals surface area contributed by atoms with Gasteiger partial charge in [-0.25, -0.2) is 8.42 Å². The van der Waals surface area contributed by atoms with Crippen LogP contribution in [0.1, 0.15) is 52.1 Å². The number of hydrogen-bond acceptors (Lipinski definition) is 7. The number of Topliss-reactive ketones (excluding diaryl/α,β-unsaturated/α-hetero) is 1. The third kappa shape index (κ3) is 5.74. The molecular weight excluding hydrogens is 458 g/mol. The summed E-state index contributed by atoms with van der Waals surface area (Å²) >= 11 is 0. The molecule has 3 aromatic carbocycles. The van der Waals surface area contributed by atoms with Crippen LogP contribution in [-0.4, -0.2) is 25.3 Å². The summed E-state index contributed by atoms with van der Waals surface area (Å²) < 4.78 is 33.5. The molecule has 0 saturated carbocycles. The lowest BCUT2D eigenvalue weighted by atomic mass is 10.0. The van der Waals surface area contributed by atoms with Crippen molar-refractivity contribution < 1.29 is 33.0 Å². The number of carbonyl (C=O) groups is 2. The first-order valence-corrected chi connectivity index (χ1v) is 12.0. The van der Waals surface area contributed by atoms with Crippen LogP contribution >= 0.6 is 0 Å². The van der Waals surface area contributed by atoms with Crippen molar-refractivity contribution in [2.75, 3.05) is 4.72 Å². The smallest absolute Gasteiger partial charge is 0.261 e. The maximum absolute atomic E-state index is 12.7. The number of phenols is 1. The molecule has 0 saturated heterocycles. The van der Waals surface area contributed by atoms with Crippen molar-refractivity contribution >= 4 is 27.5 Å². The number of aromatic carboxylic acids is 1. The van der Waals surface area contributed by atoms with Crippen LogP contribution in [0.3, 0.4) is 0 Å². The molecule has 0 amide bonds. The zero-order valence-electron chi connectivity index (χ0n) is 18.7. The van der Waals surface area contributed by atoms with Gasteiger partial charge < -0.3 is 19.7 Å². The first-order chi connectivity index (χ1) is 16.1. The van der Waals surface area contributed by atoms with Gasteiger partial charge in [0.15, 0.2) is 5.78 Å². The number of hydrogen-bond donors (Lipinski definition) is 2. The van der Waals surface area contributed by atoms with Crippen LogP contribution in [0.15, 0.2) is 65.6 Å². The van der Waals surface area contributed by atoms with Crippen LogP contribution in [0.5, 0.6) is 11.5 Å². The van der Waals surface area contributed by atoms with E-state index in [1.54, 1.807) is 18.2 Å². The maximum atomic E-state index is 12.7. The Morgan fingerprint density at radius 1 is 1.06 bits per heavy atom. The SMILES string of the molecule is CCCc1c(OCc2ccc(S(=O)(=O)Nc3cccc(C(=O)[O-])c3)cc2)ccc(C(C)=O)c1O. The molecule has 0 spiro atoms. The average molecular weight is 483 g/mol. The van der Waals surface area contributed by atoms with Crippen molar-refractivity contribution in [2.45, 2.75) is 38.2 Å². The number of anilines is 1. The predicted octanol–water partition coefficient (Wildman–Crippen LogP) is 3.29. The number of sulfonamides is 1. The number of carboxylic acids is 1. The Labute approximate surface area is 197 Å². The molecule has 0 atom stereocenters. The number of carboxylic acid groups (broad SMARTS) is 1. The van der Waals surface area contributed by atoms with E-state index in [-0.39, 0.29) is 39.8 Å².